The van der Waals surface area contributed by atoms with Crippen LogP contribution in [0.4, 0.5) is 4.39 Å². The van der Waals surface area contributed by atoms with Gasteiger partial charge in [0, 0.05) is 6.54 Å². The van der Waals surface area contributed by atoms with E-state index in [-0.39, 0.29) is 5.69 Å². The van der Waals surface area contributed by atoms with Gasteiger partial charge in [-0.3, -0.25) is 4.57 Å². The smallest absolute Gasteiger partial charge is 0.343 e. The number of halogens is 1. The molecule has 19 heavy (non-hydrogen) atoms. The highest BCUT2D eigenvalue weighted by atomic mass is 32.2. The number of H-pyrrole nitrogens is 1. The summed E-state index contributed by atoms with van der Waals surface area (Å²) < 4.78 is 15.3. The highest BCUT2D eigenvalue weighted by Crippen LogP contribution is 2.29. The van der Waals surface area contributed by atoms with Crippen LogP contribution in [0.2, 0.25) is 0 Å². The van der Waals surface area contributed by atoms with Gasteiger partial charge >= 0.3 is 5.69 Å². The summed E-state index contributed by atoms with van der Waals surface area (Å²) in [5.41, 5.74) is 0.197. The minimum Gasteiger partial charge on any atom is -0.389 e. The van der Waals surface area contributed by atoms with Gasteiger partial charge in [-0.15, -0.1) is 5.10 Å². The number of rotatable bonds is 4. The monoisotopic (exact) mass is 283 g/mol. The Morgan fingerprint density at radius 3 is 2.89 bits per heavy atom. The number of aromatic nitrogens is 3. The van der Waals surface area contributed by atoms with Crippen LogP contribution in [0, 0.1) is 5.82 Å². The maximum atomic E-state index is 13.9. The molecule has 0 aliphatic heterocycles. The molecule has 1 heterocycles. The number of aliphatic hydroxyl groups is 1. The molecule has 0 saturated carbocycles. The van der Waals surface area contributed by atoms with Crippen LogP contribution < -0.4 is 5.69 Å². The van der Waals surface area contributed by atoms with E-state index in [1.165, 1.54) is 10.6 Å². The predicted octanol–water partition coefficient (Wildman–Crippen LogP) is 1.93. The minimum absolute atomic E-state index is 0.314. The average Bonchev–Trinajstić information content (AvgIpc) is 2.72. The molecule has 0 bridgehead atoms. The van der Waals surface area contributed by atoms with Gasteiger partial charge in [0.2, 0.25) is 0 Å². The zero-order chi connectivity index (χ0) is 14.0. The Hall–Kier alpha value is -1.60. The van der Waals surface area contributed by atoms with Gasteiger partial charge < -0.3 is 5.11 Å². The molecule has 0 radical (unpaired) electrons. The molecule has 0 aliphatic rings. The molecular weight excluding hydrogens is 269 g/mol. The molecule has 102 valence electrons. The van der Waals surface area contributed by atoms with Crippen molar-refractivity contribution in [2.45, 2.75) is 36.5 Å². The standard InChI is InChI=1S/C12H14FN3O2S/c1-3-16-11(18)14-15-12(16)19-10-5-4-8(7(2)17)6-9(10)13/h4-7,17H,3H2,1-2H3,(H,14,18)/t7-/m1/s1. The van der Waals surface area contributed by atoms with Crippen molar-refractivity contribution in [2.75, 3.05) is 0 Å². The van der Waals surface area contributed by atoms with E-state index in [4.69, 9.17) is 0 Å². The second-order valence-electron chi connectivity index (χ2n) is 4.02. The third-order valence-electron chi connectivity index (χ3n) is 2.68. The molecule has 0 aliphatic carbocycles. The van der Waals surface area contributed by atoms with Crippen molar-refractivity contribution in [1.82, 2.24) is 14.8 Å². The lowest BCUT2D eigenvalue weighted by atomic mass is 10.1. The molecule has 0 spiro atoms. The number of aliphatic hydroxyl groups excluding tert-OH is 1. The quantitative estimate of drug-likeness (QED) is 0.899. The van der Waals surface area contributed by atoms with Crippen LogP contribution in [-0.4, -0.2) is 19.9 Å². The first-order valence-electron chi connectivity index (χ1n) is 5.83. The lowest BCUT2D eigenvalue weighted by Gasteiger charge is -2.07. The molecule has 1 aromatic carbocycles. The van der Waals surface area contributed by atoms with Gasteiger partial charge in [-0.1, -0.05) is 6.07 Å². The maximum absolute atomic E-state index is 13.9. The summed E-state index contributed by atoms with van der Waals surface area (Å²) >= 11 is 1.07. The number of hydrogen-bond acceptors (Lipinski definition) is 4. The van der Waals surface area contributed by atoms with Crippen LogP contribution >= 0.6 is 11.8 Å². The van der Waals surface area contributed by atoms with E-state index < -0.39 is 11.9 Å². The Bertz CT molecular complexity index is 636. The summed E-state index contributed by atoms with van der Waals surface area (Å²) in [6.07, 6.45) is -0.715. The zero-order valence-electron chi connectivity index (χ0n) is 10.6. The second kappa shape index (κ2) is 5.58. The van der Waals surface area contributed by atoms with Crippen LogP contribution in [0.25, 0.3) is 0 Å². The van der Waals surface area contributed by atoms with E-state index in [0.717, 1.165) is 11.8 Å². The van der Waals surface area contributed by atoms with Gasteiger partial charge in [0.25, 0.3) is 0 Å². The van der Waals surface area contributed by atoms with E-state index in [0.29, 0.717) is 22.2 Å². The van der Waals surface area contributed by atoms with Gasteiger partial charge in [0.05, 0.1) is 11.0 Å². The predicted molar refractivity (Wildman–Crippen MR) is 69.7 cm³/mol. The SMILES string of the molecule is CCn1c(Sc2ccc([C@@H](C)O)cc2F)n[nH]c1=O. The number of hydrogen-bond donors (Lipinski definition) is 2. The molecule has 2 N–H and O–H groups in total. The van der Waals surface area contributed by atoms with Gasteiger partial charge in [-0.2, -0.15) is 0 Å². The summed E-state index contributed by atoms with van der Waals surface area (Å²) in [4.78, 5) is 11.8. The molecule has 0 saturated heterocycles. The summed E-state index contributed by atoms with van der Waals surface area (Å²) in [6, 6.07) is 4.51. The molecule has 0 fully saturated rings. The highest BCUT2D eigenvalue weighted by Gasteiger charge is 2.13. The molecule has 1 atom stereocenters. The molecule has 0 amide bonds. The minimum atomic E-state index is -0.715. The largest absolute Gasteiger partial charge is 0.389 e. The van der Waals surface area contributed by atoms with Crippen LogP contribution in [0.5, 0.6) is 0 Å². The third-order valence-corrected chi connectivity index (χ3v) is 3.72. The van der Waals surface area contributed by atoms with E-state index in [1.807, 2.05) is 6.92 Å². The third kappa shape index (κ3) is 2.87. The van der Waals surface area contributed by atoms with Crippen molar-refractivity contribution in [3.8, 4) is 0 Å². The first-order chi connectivity index (χ1) is 9.02. The van der Waals surface area contributed by atoms with Gasteiger partial charge in [-0.25, -0.2) is 14.3 Å². The second-order valence-corrected chi connectivity index (χ2v) is 5.03. The maximum Gasteiger partial charge on any atom is 0.343 e. The van der Waals surface area contributed by atoms with E-state index in [1.54, 1.807) is 19.1 Å². The molecular formula is C12H14FN3O2S. The Morgan fingerprint density at radius 1 is 1.58 bits per heavy atom. The van der Waals surface area contributed by atoms with Crippen molar-refractivity contribution in [3.05, 3.63) is 40.1 Å². The van der Waals surface area contributed by atoms with Crippen molar-refractivity contribution >= 4 is 11.8 Å². The number of aromatic amines is 1. The molecule has 5 nitrogen and oxygen atoms in total. The summed E-state index contributed by atoms with van der Waals surface area (Å²) in [7, 11) is 0. The molecule has 0 unspecified atom stereocenters. The zero-order valence-corrected chi connectivity index (χ0v) is 11.4. The van der Waals surface area contributed by atoms with Crippen LogP contribution in [0.3, 0.4) is 0 Å². The number of nitrogens with zero attached hydrogens (tertiary/aromatic N) is 2. The Balaban J connectivity index is 2.31. The summed E-state index contributed by atoms with van der Waals surface area (Å²) in [5.74, 6) is -0.443. The Labute approximate surface area is 113 Å². The van der Waals surface area contributed by atoms with Crippen molar-refractivity contribution in [1.29, 1.82) is 0 Å². The number of nitrogens with one attached hydrogen (secondary N) is 1. The fourth-order valence-electron chi connectivity index (χ4n) is 1.62. The highest BCUT2D eigenvalue weighted by molar-refractivity contribution is 7.99. The molecule has 2 rings (SSSR count). The average molecular weight is 283 g/mol. The van der Waals surface area contributed by atoms with Crippen molar-refractivity contribution < 1.29 is 9.50 Å². The summed E-state index contributed by atoms with van der Waals surface area (Å²) in [6.45, 7) is 3.85. The Kier molecular flexibility index (Phi) is 4.06. The summed E-state index contributed by atoms with van der Waals surface area (Å²) in [5, 5.41) is 16.0. The first-order valence-corrected chi connectivity index (χ1v) is 6.65. The van der Waals surface area contributed by atoms with Gasteiger partial charge in [0.1, 0.15) is 5.82 Å². The van der Waals surface area contributed by atoms with E-state index in [2.05, 4.69) is 10.2 Å². The number of benzene rings is 1. The molecule has 2 aromatic rings. The molecule has 1 aromatic heterocycles. The van der Waals surface area contributed by atoms with Crippen molar-refractivity contribution in [2.24, 2.45) is 0 Å². The van der Waals surface area contributed by atoms with Crippen molar-refractivity contribution in [3.63, 3.8) is 0 Å². The van der Waals surface area contributed by atoms with E-state index >= 15 is 0 Å². The Morgan fingerprint density at radius 2 is 2.32 bits per heavy atom. The molecule has 7 heteroatoms. The lowest BCUT2D eigenvalue weighted by Crippen LogP contribution is -2.16. The van der Waals surface area contributed by atoms with Gasteiger partial charge in [-0.05, 0) is 43.3 Å². The normalized spacial score (nSPS) is 12.6. The van der Waals surface area contributed by atoms with Crippen LogP contribution in [-0.2, 0) is 6.54 Å². The lowest BCUT2D eigenvalue weighted by molar-refractivity contribution is 0.198. The van der Waals surface area contributed by atoms with Gasteiger partial charge in [0.15, 0.2) is 5.16 Å². The van der Waals surface area contributed by atoms with Crippen LogP contribution in [0.15, 0.2) is 33.0 Å². The van der Waals surface area contributed by atoms with Crippen LogP contribution in [0.1, 0.15) is 25.5 Å². The first kappa shape index (κ1) is 13.8. The van der Waals surface area contributed by atoms with E-state index in [9.17, 15) is 14.3 Å². The fraction of sp³-hybridized carbons (Fsp3) is 0.333. The topological polar surface area (TPSA) is 70.9 Å². The fourth-order valence-corrected chi connectivity index (χ4v) is 2.52.